The maximum Gasteiger partial charge on any atom is 0.409 e. The fourth-order valence-electron chi connectivity index (χ4n) is 8.92. The number of hydrogen-bond donors (Lipinski definition) is 3. The Hall–Kier alpha value is -4.78. The van der Waals surface area contributed by atoms with Gasteiger partial charge in [-0.05, 0) is 63.1 Å². The van der Waals surface area contributed by atoms with Crippen LogP contribution in [0.1, 0.15) is 74.3 Å². The lowest BCUT2D eigenvalue weighted by Crippen LogP contribution is -2.63. The number of fused-ring (bicyclic) bond motifs is 6. The Bertz CT molecular complexity index is 2610. The van der Waals surface area contributed by atoms with E-state index in [1.54, 1.807) is 63.4 Å². The quantitative estimate of drug-likeness (QED) is 0.0500. The SMILES string of the molecule is COc1cc2cc(c1Cl)N(C)C(=O)C[C@H](OC(=O)[C@@H](C)N(C)C(=O)CCOCCOCCOCCNC(=O)c1ccc3nc(CBr)c(CBr)nc3c1)[C@]1(C)OC1[C@H](C)[C@@H]1C[C@@](O)(NC(=O)O1)[C@H](OC)/C=C/C=C(\C)C2. The van der Waals surface area contributed by atoms with Gasteiger partial charge >= 0.3 is 12.1 Å². The first-order chi connectivity index (χ1) is 35.8. The Morgan fingerprint density at radius 1 is 1.01 bits per heavy atom. The molecular formula is C52H67Br2ClN6O14. The lowest BCUT2D eigenvalue weighted by molar-refractivity contribution is -0.162. The molecule has 4 heterocycles. The maximum absolute atomic E-state index is 14.3. The fraction of sp³-hybridized carbons (Fsp3) is 0.558. The summed E-state index contributed by atoms with van der Waals surface area (Å²) in [6, 6.07) is 7.67. The molecule has 75 heavy (non-hydrogen) atoms. The third-order valence-corrected chi connectivity index (χ3v) is 15.0. The van der Waals surface area contributed by atoms with Gasteiger partial charge in [0.1, 0.15) is 40.7 Å². The van der Waals surface area contributed by atoms with E-state index in [0.29, 0.717) is 58.3 Å². The van der Waals surface area contributed by atoms with Crippen LogP contribution in [0, 0.1) is 5.92 Å². The number of aliphatic hydroxyl groups is 1. The highest BCUT2D eigenvalue weighted by atomic mass is 79.9. The number of nitrogens with zero attached hydrogens (tertiary/aromatic N) is 4. The minimum atomic E-state index is -1.86. The molecular weight excluding hydrogens is 1130 g/mol. The summed E-state index contributed by atoms with van der Waals surface area (Å²) in [6.45, 7) is 8.57. The van der Waals surface area contributed by atoms with Crippen LogP contribution < -0.4 is 20.3 Å². The maximum atomic E-state index is 14.3. The van der Waals surface area contributed by atoms with Gasteiger partial charge in [-0.15, -0.1) is 0 Å². The molecule has 3 N–H and O–H groups in total. The van der Waals surface area contributed by atoms with Crippen molar-refractivity contribution in [2.24, 2.45) is 5.92 Å². The van der Waals surface area contributed by atoms with Crippen molar-refractivity contribution in [1.29, 1.82) is 0 Å². The largest absolute Gasteiger partial charge is 0.495 e. The van der Waals surface area contributed by atoms with Crippen LogP contribution in [0.25, 0.3) is 11.0 Å². The van der Waals surface area contributed by atoms with Crippen LogP contribution in [0.2, 0.25) is 5.02 Å². The highest BCUT2D eigenvalue weighted by molar-refractivity contribution is 9.09. The van der Waals surface area contributed by atoms with Gasteiger partial charge < -0.3 is 58.1 Å². The first kappa shape index (κ1) is 59.5. The van der Waals surface area contributed by atoms with Crippen LogP contribution in [0.4, 0.5) is 10.5 Å². The number of benzene rings is 2. The zero-order chi connectivity index (χ0) is 54.6. The average Bonchev–Trinajstić information content (AvgIpc) is 4.09. The zero-order valence-electron chi connectivity index (χ0n) is 43.5. The molecule has 2 fully saturated rings. The molecule has 4 amide bonds. The van der Waals surface area contributed by atoms with E-state index in [-0.39, 0.29) is 63.2 Å². The third-order valence-electron chi connectivity index (χ3n) is 13.6. The van der Waals surface area contributed by atoms with E-state index in [1.807, 2.05) is 13.0 Å². The fourth-order valence-corrected chi connectivity index (χ4v) is 10.1. The van der Waals surface area contributed by atoms with E-state index in [4.69, 9.17) is 49.5 Å². The van der Waals surface area contributed by atoms with E-state index >= 15 is 0 Å². The number of rotatable bonds is 20. The molecule has 3 aliphatic rings. The number of halogens is 3. The van der Waals surface area contributed by atoms with Crippen molar-refractivity contribution in [2.45, 2.75) is 106 Å². The van der Waals surface area contributed by atoms with Crippen LogP contribution in [0.15, 0.2) is 54.1 Å². The summed E-state index contributed by atoms with van der Waals surface area (Å²) in [5, 5.41) is 18.5. The number of nitrogens with one attached hydrogen (secondary N) is 2. The second-order valence-electron chi connectivity index (χ2n) is 18.8. The monoisotopic (exact) mass is 1190 g/mol. The number of esters is 1. The molecule has 20 nitrogen and oxygen atoms in total. The number of aromatic nitrogens is 2. The summed E-state index contributed by atoms with van der Waals surface area (Å²) in [5.74, 6) is -2.13. The van der Waals surface area contributed by atoms with Crippen molar-refractivity contribution < 1.29 is 67.0 Å². The van der Waals surface area contributed by atoms with Crippen LogP contribution in [-0.4, -0.2) is 166 Å². The Labute approximate surface area is 458 Å². The van der Waals surface area contributed by atoms with Gasteiger partial charge in [0.15, 0.2) is 5.72 Å². The average molecular weight is 1200 g/mol. The van der Waals surface area contributed by atoms with E-state index < -0.39 is 71.6 Å². The molecule has 0 spiro atoms. The van der Waals surface area contributed by atoms with Crippen molar-refractivity contribution in [2.75, 3.05) is 79.4 Å². The third kappa shape index (κ3) is 15.0. The molecule has 2 saturated heterocycles. The lowest BCUT2D eigenvalue weighted by atomic mass is 9.83. The normalized spacial score (nSPS) is 25.5. The van der Waals surface area contributed by atoms with Gasteiger partial charge in [-0.1, -0.05) is 74.2 Å². The van der Waals surface area contributed by atoms with E-state index in [1.165, 1.54) is 38.0 Å². The second-order valence-corrected chi connectivity index (χ2v) is 20.3. The van der Waals surface area contributed by atoms with Crippen LogP contribution >= 0.6 is 43.5 Å². The Morgan fingerprint density at radius 3 is 2.35 bits per heavy atom. The van der Waals surface area contributed by atoms with Gasteiger partial charge in [-0.25, -0.2) is 19.6 Å². The number of amides is 4. The number of carbonyl (C=O) groups excluding carboxylic acids is 5. The summed E-state index contributed by atoms with van der Waals surface area (Å²) in [4.78, 5) is 79.2. The van der Waals surface area contributed by atoms with Crippen LogP contribution in [-0.2, 0) is 64.6 Å². The summed E-state index contributed by atoms with van der Waals surface area (Å²) in [6.07, 6.45) is 0.543. The number of epoxide rings is 1. The zero-order valence-corrected chi connectivity index (χ0v) is 47.4. The molecule has 0 aliphatic carbocycles. The van der Waals surface area contributed by atoms with Crippen molar-refractivity contribution in [3.05, 3.63) is 81.7 Å². The minimum Gasteiger partial charge on any atom is -0.495 e. The number of hydrogen-bond acceptors (Lipinski definition) is 16. The summed E-state index contributed by atoms with van der Waals surface area (Å²) >= 11 is 13.7. The summed E-state index contributed by atoms with van der Waals surface area (Å²) in [7, 11) is 5.93. The molecule has 410 valence electrons. The molecule has 6 rings (SSSR count). The molecule has 8 atom stereocenters. The lowest BCUT2D eigenvalue weighted by Gasteiger charge is -2.42. The minimum absolute atomic E-state index is 0.0434. The first-order valence-electron chi connectivity index (χ1n) is 24.5. The Balaban J connectivity index is 0.993. The molecule has 2 aromatic carbocycles. The number of likely N-dealkylation sites (N-methyl/N-ethyl adjacent to an activating group) is 1. The van der Waals surface area contributed by atoms with Crippen molar-refractivity contribution in [3.8, 4) is 5.75 Å². The molecule has 23 heteroatoms. The molecule has 1 unspecified atom stereocenters. The van der Waals surface area contributed by atoms with Crippen molar-refractivity contribution >= 4 is 90.0 Å². The van der Waals surface area contributed by atoms with E-state index in [9.17, 15) is 29.1 Å². The highest BCUT2D eigenvalue weighted by Gasteiger charge is 2.64. The van der Waals surface area contributed by atoms with Gasteiger partial charge in [0.25, 0.3) is 5.91 Å². The van der Waals surface area contributed by atoms with Crippen LogP contribution in [0.5, 0.6) is 5.75 Å². The predicted octanol–water partition coefficient (Wildman–Crippen LogP) is 6.12. The molecule has 3 aliphatic heterocycles. The van der Waals surface area contributed by atoms with Gasteiger partial charge in [-0.2, -0.15) is 0 Å². The Kier molecular flexibility index (Phi) is 21.4. The molecule has 1 aromatic heterocycles. The van der Waals surface area contributed by atoms with E-state index in [2.05, 4.69) is 52.5 Å². The predicted molar refractivity (Wildman–Crippen MR) is 285 cm³/mol. The number of alkyl carbamates (subject to hydrolysis) is 1. The molecule has 0 radical (unpaired) electrons. The molecule has 4 bridgehead atoms. The molecule has 3 aromatic rings. The van der Waals surface area contributed by atoms with Gasteiger partial charge in [-0.3, -0.25) is 19.7 Å². The summed E-state index contributed by atoms with van der Waals surface area (Å²) < 4.78 is 46.2. The Morgan fingerprint density at radius 2 is 1.68 bits per heavy atom. The second kappa shape index (κ2) is 27.0. The van der Waals surface area contributed by atoms with Gasteiger partial charge in [0.05, 0.1) is 93.8 Å². The first-order valence-corrected chi connectivity index (χ1v) is 27.2. The standard InChI is InChI=1S/C52H67Br2ClN6O14/c1-30-10-9-11-42(69-8)52(67)27-41(73-50(66)59-52)31(2)47-51(4,75-47)43(26-45(63)61(6)39-23-33(22-30)24-40(68-7)46(39)55)74-49(65)32(3)60(5)44(62)14-16-70-18-20-72-21-19-71-17-15-56-48(64)34-12-13-35-36(25-34)58-38(29-54)37(28-53)57-35/h9-13,23-25,31-32,41-43,47,67H,14-22,26-29H2,1-8H3,(H,56,64)(H,59,66)/b11-9+,30-10+/t31-,32-,41+,42-,43+,47?,51+,52+/m1/s1. The summed E-state index contributed by atoms with van der Waals surface area (Å²) in [5.41, 5.74) is 2.36. The van der Waals surface area contributed by atoms with Crippen LogP contribution in [0.3, 0.4) is 0 Å². The number of anilines is 1. The number of alkyl halides is 2. The van der Waals surface area contributed by atoms with E-state index in [0.717, 1.165) is 22.5 Å². The van der Waals surface area contributed by atoms with Crippen molar-refractivity contribution in [3.63, 3.8) is 0 Å². The number of ether oxygens (including phenoxy) is 8. The molecule has 0 saturated carbocycles. The topological polar surface area (TPSA) is 239 Å². The number of methoxy groups -OCH3 is 2. The number of carbonyl (C=O) groups is 5. The van der Waals surface area contributed by atoms with Gasteiger partial charge in [0, 0.05) is 56.3 Å². The van der Waals surface area contributed by atoms with Crippen molar-refractivity contribution in [1.82, 2.24) is 25.5 Å². The van der Waals surface area contributed by atoms with Gasteiger partial charge in [0.2, 0.25) is 11.8 Å². The number of allylic oxidation sites excluding steroid dienone is 3. The highest BCUT2D eigenvalue weighted by Crippen LogP contribution is 2.49. The smallest absolute Gasteiger partial charge is 0.409 e.